The molecule has 0 saturated carbocycles. The maximum absolute atomic E-state index is 2.50. The lowest BCUT2D eigenvalue weighted by Gasteiger charge is -2.32. The molecule has 258 valence electrons. The summed E-state index contributed by atoms with van der Waals surface area (Å²) in [6, 6.07) is 50.0. The molecule has 0 fully saturated rings. The van der Waals surface area contributed by atoms with Crippen molar-refractivity contribution in [3.05, 3.63) is 167 Å². The minimum Gasteiger partial charge on any atom is -0.310 e. The van der Waals surface area contributed by atoms with E-state index in [1.807, 2.05) is 0 Å². The second-order valence-corrected chi connectivity index (χ2v) is 15.3. The molecule has 0 aliphatic heterocycles. The molecule has 0 unspecified atom stereocenters. The molecule has 0 heterocycles. The molecule has 52 heavy (non-hydrogen) atoms. The zero-order chi connectivity index (χ0) is 36.3. The van der Waals surface area contributed by atoms with Gasteiger partial charge in [0, 0.05) is 33.5 Å². The molecule has 0 atom stereocenters. The number of benzene rings is 8. The van der Waals surface area contributed by atoms with Crippen molar-refractivity contribution in [3.63, 3.8) is 0 Å². The molecule has 0 aromatic heterocycles. The lowest BCUT2D eigenvalue weighted by Crippen LogP contribution is -2.14. The van der Waals surface area contributed by atoms with Crippen LogP contribution < -0.4 is 9.80 Å². The summed E-state index contributed by atoms with van der Waals surface area (Å²) in [6.45, 7) is 18.2. The zero-order valence-electron chi connectivity index (χ0n) is 31.8. The Balaban J connectivity index is 1.54. The Morgan fingerprint density at radius 3 is 1.10 bits per heavy atom. The normalized spacial score (nSPS) is 11.8. The predicted octanol–water partition coefficient (Wildman–Crippen LogP) is 15.0. The van der Waals surface area contributed by atoms with Gasteiger partial charge in [0.15, 0.2) is 0 Å². The topological polar surface area (TPSA) is 6.48 Å². The summed E-state index contributed by atoms with van der Waals surface area (Å²) in [4.78, 5) is 4.99. The van der Waals surface area contributed by atoms with Crippen LogP contribution in [0.3, 0.4) is 0 Å². The predicted molar refractivity (Wildman–Crippen MR) is 227 cm³/mol. The number of nitrogens with zero attached hydrogens (tertiary/aromatic N) is 2. The Morgan fingerprint density at radius 1 is 0.365 bits per heavy atom. The summed E-state index contributed by atoms with van der Waals surface area (Å²) in [5, 5.41) is 7.91. The van der Waals surface area contributed by atoms with Gasteiger partial charge < -0.3 is 9.80 Å². The minimum atomic E-state index is 0.333. The maximum atomic E-state index is 2.50. The highest BCUT2D eigenvalue weighted by molar-refractivity contribution is 6.29. The first-order chi connectivity index (χ1) is 25.1. The highest BCUT2D eigenvalue weighted by Gasteiger charge is 2.26. The van der Waals surface area contributed by atoms with Crippen molar-refractivity contribution in [1.82, 2.24) is 0 Å². The van der Waals surface area contributed by atoms with Crippen molar-refractivity contribution in [1.29, 1.82) is 0 Å². The fourth-order valence-electron chi connectivity index (χ4n) is 8.23. The van der Waals surface area contributed by atoms with Crippen LogP contribution in [-0.2, 0) is 0 Å². The molecule has 0 N–H and O–H groups in total. The van der Waals surface area contributed by atoms with Gasteiger partial charge in [-0.25, -0.2) is 0 Å². The van der Waals surface area contributed by atoms with Gasteiger partial charge in [-0.2, -0.15) is 0 Å². The smallest absolute Gasteiger partial charge is 0.0543 e. The van der Waals surface area contributed by atoms with Crippen LogP contribution in [0.5, 0.6) is 0 Å². The molecule has 0 aliphatic rings. The molecule has 2 nitrogen and oxygen atoms in total. The minimum absolute atomic E-state index is 0.333. The van der Waals surface area contributed by atoms with Gasteiger partial charge in [0.05, 0.1) is 11.4 Å². The number of rotatable bonds is 8. The van der Waals surface area contributed by atoms with Gasteiger partial charge in [-0.15, -0.1) is 0 Å². The molecule has 8 aromatic carbocycles. The van der Waals surface area contributed by atoms with Crippen LogP contribution in [0.1, 0.15) is 72.9 Å². The first-order valence-electron chi connectivity index (χ1n) is 18.8. The monoisotopic (exact) mass is 676 g/mol. The number of hydrogen-bond acceptors (Lipinski definition) is 2. The number of hydrogen-bond donors (Lipinski definition) is 0. The third-order valence-electron chi connectivity index (χ3n) is 10.9. The van der Waals surface area contributed by atoms with Gasteiger partial charge in [-0.05, 0) is 143 Å². The fourth-order valence-corrected chi connectivity index (χ4v) is 8.23. The molecule has 0 bridgehead atoms. The summed E-state index contributed by atoms with van der Waals surface area (Å²) >= 11 is 0. The molecular formula is C50H48N2. The number of aryl methyl sites for hydroxylation is 4. The van der Waals surface area contributed by atoms with E-state index in [9.17, 15) is 0 Å². The Morgan fingerprint density at radius 2 is 0.731 bits per heavy atom. The van der Waals surface area contributed by atoms with Gasteiger partial charge in [-0.3, -0.25) is 0 Å². The van der Waals surface area contributed by atoms with Crippen molar-refractivity contribution in [3.8, 4) is 0 Å². The van der Waals surface area contributed by atoms with Gasteiger partial charge in [0.2, 0.25) is 0 Å². The average molecular weight is 677 g/mol. The summed E-state index contributed by atoms with van der Waals surface area (Å²) in [7, 11) is 0. The zero-order valence-corrected chi connectivity index (χ0v) is 31.8. The van der Waals surface area contributed by atoms with Crippen LogP contribution in [0.25, 0.3) is 32.3 Å². The third-order valence-corrected chi connectivity index (χ3v) is 10.9. The summed E-state index contributed by atoms with van der Waals surface area (Å²) in [6.07, 6.45) is 0. The van der Waals surface area contributed by atoms with E-state index in [0.29, 0.717) is 11.8 Å². The fraction of sp³-hybridized carbons (Fsp3) is 0.200. The van der Waals surface area contributed by atoms with Crippen molar-refractivity contribution in [2.75, 3.05) is 9.80 Å². The van der Waals surface area contributed by atoms with Gasteiger partial charge in [-0.1, -0.05) is 113 Å². The first kappa shape index (κ1) is 33.5. The molecule has 0 spiro atoms. The number of anilines is 6. The average Bonchev–Trinajstić information content (AvgIpc) is 3.14. The van der Waals surface area contributed by atoms with Gasteiger partial charge >= 0.3 is 0 Å². The summed E-state index contributed by atoms with van der Waals surface area (Å²) in [5.41, 5.74) is 14.9. The molecule has 8 rings (SSSR count). The Kier molecular flexibility index (Phi) is 8.50. The number of para-hydroxylation sites is 2. The molecule has 0 aliphatic carbocycles. The molecular weight excluding hydrogens is 629 g/mol. The van der Waals surface area contributed by atoms with Crippen LogP contribution in [0.2, 0.25) is 0 Å². The second kappa shape index (κ2) is 13.2. The molecule has 0 saturated heterocycles. The Hall–Kier alpha value is -5.60. The standard InChI is InChI=1S/C50H48N2/c1-31(2)43-29-47(51(37-15-11-9-12-16-37)45-27-33(5)19-21-35(45)7)41-26-24-40-44(32(3)4)30-48(42-25-23-39(43)49(41)50(40)42)52(38-17-13-10-14-18-38)46-28-34(6)20-22-36(46)8/h9-32H,1-8H3. The van der Waals surface area contributed by atoms with E-state index in [4.69, 9.17) is 0 Å². The van der Waals surface area contributed by atoms with Crippen molar-refractivity contribution in [2.45, 2.75) is 67.2 Å². The van der Waals surface area contributed by atoms with E-state index in [-0.39, 0.29) is 0 Å². The van der Waals surface area contributed by atoms with Crippen LogP contribution in [0.15, 0.2) is 133 Å². The first-order valence-corrected chi connectivity index (χ1v) is 18.8. The van der Waals surface area contributed by atoms with Gasteiger partial charge in [0.25, 0.3) is 0 Å². The summed E-state index contributed by atoms with van der Waals surface area (Å²) in [5.74, 6) is 0.665. The van der Waals surface area contributed by atoms with Crippen LogP contribution in [0, 0.1) is 27.7 Å². The largest absolute Gasteiger partial charge is 0.310 e. The molecule has 8 aromatic rings. The lowest BCUT2D eigenvalue weighted by molar-refractivity contribution is 0.875. The van der Waals surface area contributed by atoms with E-state index in [1.54, 1.807) is 0 Å². The molecule has 0 amide bonds. The molecule has 2 heteroatoms. The lowest BCUT2D eigenvalue weighted by atomic mass is 9.84. The van der Waals surface area contributed by atoms with Crippen molar-refractivity contribution >= 4 is 66.4 Å². The van der Waals surface area contributed by atoms with Crippen LogP contribution in [0.4, 0.5) is 34.1 Å². The highest BCUT2D eigenvalue weighted by atomic mass is 15.2. The van der Waals surface area contributed by atoms with E-state index in [2.05, 4.69) is 199 Å². The van der Waals surface area contributed by atoms with Gasteiger partial charge in [0.1, 0.15) is 0 Å². The van der Waals surface area contributed by atoms with Crippen molar-refractivity contribution in [2.24, 2.45) is 0 Å². The second-order valence-electron chi connectivity index (χ2n) is 15.3. The Bertz CT molecular complexity index is 2380. The van der Waals surface area contributed by atoms with Crippen molar-refractivity contribution < 1.29 is 0 Å². The van der Waals surface area contributed by atoms with Crippen LogP contribution in [-0.4, -0.2) is 0 Å². The van der Waals surface area contributed by atoms with E-state index in [1.165, 1.54) is 88.4 Å². The van der Waals surface area contributed by atoms with E-state index < -0.39 is 0 Å². The summed E-state index contributed by atoms with van der Waals surface area (Å²) < 4.78 is 0. The SMILES string of the molecule is Cc1ccc(C)c(N(c2ccccc2)c2cc(C(C)C)c3ccc4c(N(c5ccccc5)c5cc(C)ccc5C)cc(C(C)C)c5ccc2c3c54)c1. The van der Waals surface area contributed by atoms with Crippen LogP contribution >= 0.6 is 0 Å². The quantitative estimate of drug-likeness (QED) is 0.148. The van der Waals surface area contributed by atoms with E-state index >= 15 is 0 Å². The maximum Gasteiger partial charge on any atom is 0.0543 e. The third kappa shape index (κ3) is 5.58. The van der Waals surface area contributed by atoms with E-state index in [0.717, 1.165) is 11.4 Å². The Labute approximate surface area is 309 Å². The highest BCUT2D eigenvalue weighted by Crippen LogP contribution is 2.51. The molecule has 0 radical (unpaired) electrons.